The van der Waals surface area contributed by atoms with Crippen LogP contribution in [0.4, 0.5) is 18.9 Å². The van der Waals surface area contributed by atoms with Crippen molar-refractivity contribution in [3.8, 4) is 11.1 Å². The number of hydrogen-bond donors (Lipinski definition) is 1. The van der Waals surface area contributed by atoms with Gasteiger partial charge in [-0.05, 0) is 29.3 Å². The van der Waals surface area contributed by atoms with Crippen LogP contribution in [0.2, 0.25) is 0 Å². The van der Waals surface area contributed by atoms with Crippen molar-refractivity contribution < 1.29 is 18.0 Å². The molecule has 25 heavy (non-hydrogen) atoms. The number of alkyl halides is 3. The molecule has 5 heteroatoms. The van der Waals surface area contributed by atoms with E-state index in [0.717, 1.165) is 17.7 Å². The van der Waals surface area contributed by atoms with Gasteiger partial charge in [-0.3, -0.25) is 4.79 Å². The first-order valence-electron chi connectivity index (χ1n) is 7.53. The van der Waals surface area contributed by atoms with Crippen LogP contribution in [-0.2, 0) is 6.18 Å². The molecule has 3 aromatic rings. The molecule has 0 aliphatic carbocycles. The second kappa shape index (κ2) is 6.43. The van der Waals surface area contributed by atoms with Gasteiger partial charge in [-0.25, -0.2) is 0 Å². The Labute approximate surface area is 142 Å². The summed E-state index contributed by atoms with van der Waals surface area (Å²) in [6.45, 7) is 0. The highest BCUT2D eigenvalue weighted by molar-refractivity contribution is 6.13. The van der Waals surface area contributed by atoms with Crippen LogP contribution in [0.3, 0.4) is 0 Å². The quantitative estimate of drug-likeness (QED) is 0.526. The Hall–Kier alpha value is -3.08. The van der Waals surface area contributed by atoms with Gasteiger partial charge in [0, 0.05) is 16.8 Å². The number of rotatable bonds is 3. The molecule has 0 saturated carbocycles. The first-order chi connectivity index (χ1) is 11.9. The standard InChI is InChI=1S/C20H14F3NO/c21-20(22,23)15-10-14(11-16(24)12-15)19(25)18-9-5-4-8-17(18)13-6-2-1-3-7-13/h1-12H,24H2. The smallest absolute Gasteiger partial charge is 0.399 e. The van der Waals surface area contributed by atoms with E-state index in [2.05, 4.69) is 0 Å². The van der Waals surface area contributed by atoms with E-state index in [-0.39, 0.29) is 11.3 Å². The molecular formula is C20H14F3NO. The predicted octanol–water partition coefficient (Wildman–Crippen LogP) is 5.19. The van der Waals surface area contributed by atoms with Gasteiger partial charge < -0.3 is 5.73 Å². The number of carbonyl (C=O) groups excluding carboxylic acids is 1. The molecule has 0 spiro atoms. The minimum absolute atomic E-state index is 0.0873. The molecule has 126 valence electrons. The van der Waals surface area contributed by atoms with Crippen molar-refractivity contribution in [1.29, 1.82) is 0 Å². The number of nitrogens with two attached hydrogens (primary N) is 1. The van der Waals surface area contributed by atoms with Gasteiger partial charge >= 0.3 is 6.18 Å². The maximum absolute atomic E-state index is 13.0. The topological polar surface area (TPSA) is 43.1 Å². The van der Waals surface area contributed by atoms with Crippen molar-refractivity contribution in [2.24, 2.45) is 0 Å². The molecule has 0 radical (unpaired) electrons. The van der Waals surface area contributed by atoms with Gasteiger partial charge in [0.25, 0.3) is 0 Å². The summed E-state index contributed by atoms with van der Waals surface area (Å²) in [6.07, 6.45) is -4.57. The van der Waals surface area contributed by atoms with E-state index in [4.69, 9.17) is 5.73 Å². The van der Waals surface area contributed by atoms with Crippen LogP contribution < -0.4 is 5.73 Å². The molecule has 0 aromatic heterocycles. The van der Waals surface area contributed by atoms with Crippen LogP contribution in [0, 0.1) is 0 Å². The summed E-state index contributed by atoms with van der Waals surface area (Å²) in [5.41, 5.74) is 6.24. The fourth-order valence-electron chi connectivity index (χ4n) is 2.65. The predicted molar refractivity (Wildman–Crippen MR) is 91.2 cm³/mol. The Morgan fingerprint density at radius 1 is 0.840 bits per heavy atom. The fraction of sp³-hybridized carbons (Fsp3) is 0.0500. The Morgan fingerprint density at radius 2 is 1.48 bits per heavy atom. The van der Waals surface area contributed by atoms with Gasteiger partial charge in [-0.15, -0.1) is 0 Å². The lowest BCUT2D eigenvalue weighted by Crippen LogP contribution is -2.10. The number of nitrogen functional groups attached to an aromatic ring is 1. The minimum atomic E-state index is -4.57. The minimum Gasteiger partial charge on any atom is -0.399 e. The zero-order chi connectivity index (χ0) is 18.0. The van der Waals surface area contributed by atoms with Gasteiger partial charge in [0.1, 0.15) is 0 Å². The normalized spacial score (nSPS) is 11.3. The largest absolute Gasteiger partial charge is 0.416 e. The van der Waals surface area contributed by atoms with Crippen molar-refractivity contribution in [2.45, 2.75) is 6.18 Å². The number of halogens is 3. The Kier molecular flexibility index (Phi) is 4.31. The maximum atomic E-state index is 13.0. The van der Waals surface area contributed by atoms with Gasteiger partial charge in [0.05, 0.1) is 5.56 Å². The van der Waals surface area contributed by atoms with Crippen molar-refractivity contribution >= 4 is 11.5 Å². The van der Waals surface area contributed by atoms with E-state index in [1.54, 1.807) is 24.3 Å². The lowest BCUT2D eigenvalue weighted by molar-refractivity contribution is -0.137. The molecule has 3 rings (SSSR count). The highest BCUT2D eigenvalue weighted by atomic mass is 19.4. The second-order valence-corrected chi connectivity index (χ2v) is 5.58. The van der Waals surface area contributed by atoms with Crippen LogP contribution in [0.25, 0.3) is 11.1 Å². The summed E-state index contributed by atoms with van der Waals surface area (Å²) in [5, 5.41) is 0. The number of carbonyl (C=O) groups is 1. The monoisotopic (exact) mass is 341 g/mol. The molecule has 0 atom stereocenters. The zero-order valence-electron chi connectivity index (χ0n) is 13.0. The molecule has 2 N–H and O–H groups in total. The third-order valence-corrected chi connectivity index (χ3v) is 3.80. The van der Waals surface area contributed by atoms with Gasteiger partial charge in [0.2, 0.25) is 0 Å². The summed E-state index contributed by atoms with van der Waals surface area (Å²) in [5.74, 6) is -0.503. The maximum Gasteiger partial charge on any atom is 0.416 e. The summed E-state index contributed by atoms with van der Waals surface area (Å²) >= 11 is 0. The van der Waals surface area contributed by atoms with Gasteiger partial charge in [0.15, 0.2) is 5.78 Å². The van der Waals surface area contributed by atoms with E-state index in [1.165, 1.54) is 6.07 Å². The summed E-state index contributed by atoms with van der Waals surface area (Å²) in [7, 11) is 0. The molecule has 2 nitrogen and oxygen atoms in total. The lowest BCUT2D eigenvalue weighted by Gasteiger charge is -2.12. The van der Waals surface area contributed by atoms with Crippen molar-refractivity contribution in [3.05, 3.63) is 89.5 Å². The summed E-state index contributed by atoms with van der Waals surface area (Å²) in [6, 6.07) is 18.9. The van der Waals surface area contributed by atoms with Gasteiger partial charge in [-0.1, -0.05) is 54.6 Å². The molecule has 0 saturated heterocycles. The van der Waals surface area contributed by atoms with Crippen LogP contribution in [0.15, 0.2) is 72.8 Å². The second-order valence-electron chi connectivity index (χ2n) is 5.58. The highest BCUT2D eigenvalue weighted by Gasteiger charge is 2.31. The van der Waals surface area contributed by atoms with Gasteiger partial charge in [-0.2, -0.15) is 13.2 Å². The third-order valence-electron chi connectivity index (χ3n) is 3.80. The SMILES string of the molecule is Nc1cc(C(=O)c2ccccc2-c2ccccc2)cc(C(F)(F)F)c1. The summed E-state index contributed by atoms with van der Waals surface area (Å²) in [4.78, 5) is 12.8. The highest BCUT2D eigenvalue weighted by Crippen LogP contribution is 2.33. The first-order valence-corrected chi connectivity index (χ1v) is 7.53. The Balaban J connectivity index is 2.10. The number of hydrogen-bond acceptors (Lipinski definition) is 2. The van der Waals surface area contributed by atoms with Crippen molar-refractivity contribution in [3.63, 3.8) is 0 Å². The molecule has 0 fully saturated rings. The third kappa shape index (κ3) is 3.55. The Morgan fingerprint density at radius 3 is 2.16 bits per heavy atom. The molecule has 0 aliphatic heterocycles. The number of ketones is 1. The molecule has 3 aromatic carbocycles. The van der Waals surface area contributed by atoms with E-state index < -0.39 is 17.5 Å². The number of benzene rings is 3. The molecule has 0 bridgehead atoms. The van der Waals surface area contributed by atoms with Crippen molar-refractivity contribution in [1.82, 2.24) is 0 Å². The van der Waals surface area contributed by atoms with Crippen LogP contribution in [0.5, 0.6) is 0 Å². The van der Waals surface area contributed by atoms with Crippen LogP contribution in [0.1, 0.15) is 21.5 Å². The molecule has 0 amide bonds. The van der Waals surface area contributed by atoms with E-state index in [0.29, 0.717) is 11.1 Å². The lowest BCUT2D eigenvalue weighted by atomic mass is 9.93. The van der Waals surface area contributed by atoms with E-state index in [1.807, 2.05) is 30.3 Å². The fourth-order valence-corrected chi connectivity index (χ4v) is 2.65. The van der Waals surface area contributed by atoms with Crippen molar-refractivity contribution in [2.75, 3.05) is 5.73 Å². The average Bonchev–Trinajstić information content (AvgIpc) is 2.60. The molecule has 0 unspecified atom stereocenters. The molecule has 0 aliphatic rings. The summed E-state index contributed by atoms with van der Waals surface area (Å²) < 4.78 is 39.0. The van der Waals surface area contributed by atoms with E-state index in [9.17, 15) is 18.0 Å². The number of anilines is 1. The van der Waals surface area contributed by atoms with Crippen LogP contribution in [-0.4, -0.2) is 5.78 Å². The Bertz CT molecular complexity index is 918. The molecular weight excluding hydrogens is 327 g/mol. The average molecular weight is 341 g/mol. The molecule has 0 heterocycles. The first kappa shape index (κ1) is 16.8. The van der Waals surface area contributed by atoms with E-state index >= 15 is 0 Å². The van der Waals surface area contributed by atoms with Crippen LogP contribution >= 0.6 is 0 Å². The zero-order valence-corrected chi connectivity index (χ0v) is 13.0.